The van der Waals surface area contributed by atoms with Crippen molar-refractivity contribution >= 4 is 0 Å². The van der Waals surface area contributed by atoms with Crippen LogP contribution in [0.5, 0.6) is 0 Å². The lowest BCUT2D eigenvalue weighted by Crippen LogP contribution is -1.94. The van der Waals surface area contributed by atoms with Gasteiger partial charge in [0.25, 0.3) is 0 Å². The van der Waals surface area contributed by atoms with Gasteiger partial charge < -0.3 is 23.9 Å². The summed E-state index contributed by atoms with van der Waals surface area (Å²) in [5.74, 6) is 3.20. The summed E-state index contributed by atoms with van der Waals surface area (Å²) in [4.78, 5) is 14.9. The van der Waals surface area contributed by atoms with Crippen LogP contribution >= 0.6 is 0 Å². The minimum Gasteiger partial charge on any atom is -0.458 e. The van der Waals surface area contributed by atoms with Crippen LogP contribution in [0, 0.1) is 0 Å². The van der Waals surface area contributed by atoms with E-state index in [-0.39, 0.29) is 0 Å². The molecule has 0 aliphatic rings. The molecule has 7 nitrogen and oxygen atoms in total. The molecule has 0 spiro atoms. The number of H-pyrrole nitrogens is 2. The minimum atomic E-state index is 0.358. The van der Waals surface area contributed by atoms with Crippen LogP contribution in [0.25, 0.3) is 45.2 Å². The van der Waals surface area contributed by atoms with Crippen molar-refractivity contribution in [3.05, 3.63) is 84.6 Å². The van der Waals surface area contributed by atoms with Crippen LogP contribution in [0.1, 0.15) is 11.3 Å². The molecular weight excluding hydrogens is 416 g/mol. The molecule has 2 N–H and O–H groups in total. The smallest absolute Gasteiger partial charge is 0.140 e. The molecule has 0 saturated heterocycles. The fraction of sp³-hybridized carbons (Fsp3) is 0.154. The summed E-state index contributed by atoms with van der Waals surface area (Å²) in [6.45, 7) is 0.772. The lowest BCUT2D eigenvalue weighted by Gasteiger charge is -2.08. The van der Waals surface area contributed by atoms with Crippen LogP contribution in [0.2, 0.25) is 0 Å². The van der Waals surface area contributed by atoms with Gasteiger partial charge in [0.2, 0.25) is 0 Å². The van der Waals surface area contributed by atoms with Crippen molar-refractivity contribution in [2.45, 2.75) is 13.2 Å². The van der Waals surface area contributed by atoms with Gasteiger partial charge >= 0.3 is 0 Å². The van der Waals surface area contributed by atoms with Crippen molar-refractivity contribution in [1.29, 1.82) is 0 Å². The second-order valence-electron chi connectivity index (χ2n) is 7.60. The third-order valence-corrected chi connectivity index (χ3v) is 5.51. The zero-order chi connectivity index (χ0) is 22.6. The monoisotopic (exact) mass is 440 g/mol. The number of rotatable bonds is 8. The Bertz CT molecular complexity index is 1300. The lowest BCUT2D eigenvalue weighted by molar-refractivity contribution is 0.165. The number of hydrogen-bond donors (Lipinski definition) is 2. The maximum atomic E-state index is 6.37. The number of ether oxygens (including phenoxy) is 2. The van der Waals surface area contributed by atoms with Crippen LogP contribution in [0.3, 0.4) is 0 Å². The largest absolute Gasteiger partial charge is 0.458 e. The highest BCUT2D eigenvalue weighted by atomic mass is 16.5. The predicted octanol–water partition coefficient (Wildman–Crippen LogP) is 5.69. The van der Waals surface area contributed by atoms with E-state index >= 15 is 0 Å². The molecule has 0 fully saturated rings. The van der Waals surface area contributed by atoms with E-state index in [2.05, 4.69) is 32.1 Å². The Labute approximate surface area is 191 Å². The maximum Gasteiger partial charge on any atom is 0.140 e. The van der Waals surface area contributed by atoms with Crippen molar-refractivity contribution in [2.24, 2.45) is 0 Å². The Morgan fingerprint density at radius 3 is 1.70 bits per heavy atom. The summed E-state index contributed by atoms with van der Waals surface area (Å²) in [6.07, 6.45) is 7.12. The molecule has 0 aliphatic carbocycles. The number of aromatic nitrogens is 4. The van der Waals surface area contributed by atoms with Crippen LogP contribution < -0.4 is 0 Å². The van der Waals surface area contributed by atoms with Crippen molar-refractivity contribution in [2.75, 3.05) is 14.2 Å². The van der Waals surface area contributed by atoms with Crippen molar-refractivity contribution in [3.63, 3.8) is 0 Å². The summed E-state index contributed by atoms with van der Waals surface area (Å²) in [7, 11) is 3.36. The molecule has 3 aromatic heterocycles. The summed E-state index contributed by atoms with van der Waals surface area (Å²) in [5, 5.41) is 0. The molecule has 0 unspecified atom stereocenters. The van der Waals surface area contributed by atoms with Crippen LogP contribution in [-0.4, -0.2) is 34.2 Å². The van der Waals surface area contributed by atoms with Crippen molar-refractivity contribution in [1.82, 2.24) is 19.9 Å². The highest BCUT2D eigenvalue weighted by Gasteiger charge is 2.23. The van der Waals surface area contributed by atoms with E-state index in [1.165, 1.54) is 0 Å². The molecule has 7 heteroatoms. The van der Waals surface area contributed by atoms with Gasteiger partial charge in [0, 0.05) is 66.8 Å². The number of methoxy groups -OCH3 is 2. The summed E-state index contributed by atoms with van der Waals surface area (Å²) in [5.41, 5.74) is 6.01. The Hall–Kier alpha value is -3.94. The molecular formula is C26H24N4O3. The molecule has 0 atom stereocenters. The van der Waals surface area contributed by atoms with E-state index < -0.39 is 0 Å². The SMILES string of the molecule is COCc1oc(-c2ccc(-c3ncc[nH]3)cc2)c(COC)c1-c1ccc(-c2ncc[nH]2)cc1. The average molecular weight is 441 g/mol. The fourth-order valence-electron chi connectivity index (χ4n) is 4.02. The standard InChI is InChI=1S/C26H24N4O3/c1-31-15-21-23(17-3-7-19(8-4-17)25-27-11-12-28-25)22(16-32-2)33-24(21)18-5-9-20(10-6-18)26-29-13-14-30-26/h3-14H,15-16H2,1-2H3,(H,27,28)(H,29,30). The number of hydrogen-bond acceptors (Lipinski definition) is 5. The number of nitrogens with one attached hydrogen (secondary N) is 2. The minimum absolute atomic E-state index is 0.358. The van der Waals surface area contributed by atoms with Gasteiger partial charge in [0.1, 0.15) is 29.8 Å². The molecule has 0 radical (unpaired) electrons. The van der Waals surface area contributed by atoms with Gasteiger partial charge in [0.15, 0.2) is 0 Å². The molecule has 3 heterocycles. The molecule has 0 amide bonds. The quantitative estimate of drug-likeness (QED) is 0.324. The van der Waals surface area contributed by atoms with Gasteiger partial charge in [-0.15, -0.1) is 0 Å². The molecule has 33 heavy (non-hydrogen) atoms. The Morgan fingerprint density at radius 1 is 0.697 bits per heavy atom. The van der Waals surface area contributed by atoms with Gasteiger partial charge in [-0.1, -0.05) is 48.5 Å². The second-order valence-corrected chi connectivity index (χ2v) is 7.60. The predicted molar refractivity (Wildman–Crippen MR) is 126 cm³/mol. The van der Waals surface area contributed by atoms with Crippen molar-refractivity contribution < 1.29 is 13.9 Å². The first-order valence-corrected chi connectivity index (χ1v) is 10.6. The van der Waals surface area contributed by atoms with Gasteiger partial charge in [-0.05, 0) is 5.56 Å². The highest BCUT2D eigenvalue weighted by Crippen LogP contribution is 2.40. The van der Waals surface area contributed by atoms with E-state index in [0.29, 0.717) is 13.2 Å². The highest BCUT2D eigenvalue weighted by molar-refractivity contribution is 5.79. The maximum absolute atomic E-state index is 6.37. The first-order chi connectivity index (χ1) is 16.3. The normalized spacial score (nSPS) is 11.2. The van der Waals surface area contributed by atoms with Crippen LogP contribution in [0.15, 0.2) is 77.7 Å². The van der Waals surface area contributed by atoms with Gasteiger partial charge in [-0.2, -0.15) is 0 Å². The lowest BCUT2D eigenvalue weighted by atomic mass is 9.97. The van der Waals surface area contributed by atoms with E-state index in [1.54, 1.807) is 26.6 Å². The summed E-state index contributed by atoms with van der Waals surface area (Å²) >= 11 is 0. The molecule has 166 valence electrons. The number of imidazole rings is 2. The number of nitrogens with zero attached hydrogens (tertiary/aromatic N) is 2. The van der Waals surface area contributed by atoms with Gasteiger partial charge in [-0.3, -0.25) is 0 Å². The van der Waals surface area contributed by atoms with Crippen LogP contribution in [-0.2, 0) is 22.7 Å². The molecule has 2 aromatic carbocycles. The zero-order valence-electron chi connectivity index (χ0n) is 18.5. The Morgan fingerprint density at radius 2 is 1.21 bits per heavy atom. The van der Waals surface area contributed by atoms with Gasteiger partial charge in [0.05, 0.1) is 6.61 Å². The first kappa shape index (κ1) is 20.9. The Kier molecular flexibility index (Phi) is 5.89. The topological polar surface area (TPSA) is 89.0 Å². The first-order valence-electron chi connectivity index (χ1n) is 10.6. The Balaban J connectivity index is 1.58. The zero-order valence-corrected chi connectivity index (χ0v) is 18.5. The van der Waals surface area contributed by atoms with E-state index in [9.17, 15) is 0 Å². The molecule has 0 saturated carbocycles. The molecule has 5 rings (SSSR count). The number of benzene rings is 2. The number of aromatic amines is 2. The third kappa shape index (κ3) is 4.11. The molecule has 5 aromatic rings. The summed E-state index contributed by atoms with van der Waals surface area (Å²) in [6, 6.07) is 16.4. The van der Waals surface area contributed by atoms with E-state index in [4.69, 9.17) is 13.9 Å². The average Bonchev–Trinajstić information content (AvgIpc) is 3.62. The van der Waals surface area contributed by atoms with Gasteiger partial charge in [-0.25, -0.2) is 9.97 Å². The van der Waals surface area contributed by atoms with Crippen LogP contribution in [0.4, 0.5) is 0 Å². The second kappa shape index (κ2) is 9.28. The van der Waals surface area contributed by atoms with Crippen molar-refractivity contribution in [3.8, 4) is 45.2 Å². The summed E-state index contributed by atoms with van der Waals surface area (Å²) < 4.78 is 17.4. The number of furan rings is 1. The fourth-order valence-corrected chi connectivity index (χ4v) is 4.02. The molecule has 0 aliphatic heterocycles. The van der Waals surface area contributed by atoms with E-state index in [1.807, 2.05) is 48.8 Å². The molecule has 0 bridgehead atoms. The third-order valence-electron chi connectivity index (χ3n) is 5.51. The van der Waals surface area contributed by atoms with E-state index in [0.717, 1.165) is 56.6 Å².